The summed E-state index contributed by atoms with van der Waals surface area (Å²) in [6, 6.07) is 28.0. The monoisotopic (exact) mass is 458 g/mol. The Morgan fingerprint density at radius 2 is 1.52 bits per heavy atom. The topological polar surface area (TPSA) is 46.5 Å². The normalized spacial score (nSPS) is 18.8. The number of cyclic esters (lactones) is 1. The van der Waals surface area contributed by atoms with Crippen LogP contribution in [-0.4, -0.2) is 11.1 Å². The Morgan fingerprint density at radius 1 is 0.909 bits per heavy atom. The van der Waals surface area contributed by atoms with E-state index in [0.717, 1.165) is 22.4 Å². The first-order valence-corrected chi connectivity index (χ1v) is 12.1. The average molecular weight is 459 g/mol. The van der Waals surface area contributed by atoms with Crippen molar-refractivity contribution in [2.24, 2.45) is 0 Å². The minimum absolute atomic E-state index is 0.0815. The third-order valence-corrected chi connectivity index (χ3v) is 7.24. The number of aliphatic hydroxyl groups excluding tert-OH is 1. The van der Waals surface area contributed by atoms with E-state index in [2.05, 4.69) is 39.0 Å². The molecule has 33 heavy (non-hydrogen) atoms. The van der Waals surface area contributed by atoms with Crippen LogP contribution in [0.25, 0.3) is 0 Å². The number of hydrogen-bond acceptors (Lipinski definition) is 4. The van der Waals surface area contributed by atoms with Gasteiger partial charge in [-0.1, -0.05) is 111 Å². The molecule has 1 N–H and O–H groups in total. The largest absolute Gasteiger partial charge is 0.511 e. The molecule has 0 radical (unpaired) electrons. The molecule has 3 nitrogen and oxygen atoms in total. The lowest BCUT2D eigenvalue weighted by atomic mass is 9.82. The van der Waals surface area contributed by atoms with Gasteiger partial charge in [-0.2, -0.15) is 0 Å². The van der Waals surface area contributed by atoms with Gasteiger partial charge >= 0.3 is 5.97 Å². The van der Waals surface area contributed by atoms with E-state index in [4.69, 9.17) is 4.74 Å². The van der Waals surface area contributed by atoms with Gasteiger partial charge in [0.25, 0.3) is 0 Å². The lowest BCUT2D eigenvalue weighted by Crippen LogP contribution is -2.38. The summed E-state index contributed by atoms with van der Waals surface area (Å²) >= 11 is 1.30. The average Bonchev–Trinajstić information content (AvgIpc) is 2.81. The highest BCUT2D eigenvalue weighted by molar-refractivity contribution is 8.04. The van der Waals surface area contributed by atoms with E-state index in [1.165, 1.54) is 17.3 Å². The molecule has 0 saturated carbocycles. The second-order valence-electron chi connectivity index (χ2n) is 9.54. The predicted octanol–water partition coefficient (Wildman–Crippen LogP) is 7.32. The first-order valence-electron chi connectivity index (χ1n) is 11.3. The molecule has 170 valence electrons. The molecule has 3 aromatic rings. The van der Waals surface area contributed by atoms with Crippen LogP contribution in [-0.2, 0) is 27.0 Å². The smallest absolute Gasteiger partial charge is 0.349 e. The van der Waals surface area contributed by atoms with E-state index in [1.807, 2.05) is 66.7 Å². The van der Waals surface area contributed by atoms with E-state index in [9.17, 15) is 9.90 Å². The molecule has 0 amide bonds. The number of benzene rings is 3. The molecular weight excluding hydrogens is 428 g/mol. The Bertz CT molecular complexity index is 1150. The number of aliphatic hydroxyl groups is 1. The number of thioether (sulfide) groups is 1. The molecule has 4 heteroatoms. The Balaban J connectivity index is 1.67. The maximum atomic E-state index is 13.3. The molecule has 1 aliphatic heterocycles. The predicted molar refractivity (Wildman–Crippen MR) is 134 cm³/mol. The maximum absolute atomic E-state index is 13.3. The van der Waals surface area contributed by atoms with Crippen molar-refractivity contribution in [1.82, 2.24) is 0 Å². The zero-order valence-electron chi connectivity index (χ0n) is 19.4. The summed E-state index contributed by atoms with van der Waals surface area (Å²) in [6.07, 6.45) is 1.59. The van der Waals surface area contributed by atoms with Crippen molar-refractivity contribution in [2.45, 2.75) is 55.9 Å². The molecule has 1 heterocycles. The van der Waals surface area contributed by atoms with Gasteiger partial charge in [-0.05, 0) is 41.0 Å². The van der Waals surface area contributed by atoms with Gasteiger partial charge in [0, 0.05) is 4.90 Å². The van der Waals surface area contributed by atoms with Gasteiger partial charge in [0.1, 0.15) is 16.3 Å². The van der Waals surface area contributed by atoms with Crippen LogP contribution in [0.4, 0.5) is 0 Å². The fraction of sp³-hybridized carbons (Fsp3) is 0.276. The van der Waals surface area contributed by atoms with Crippen LogP contribution in [0, 0.1) is 0 Å². The SMILES string of the molecule is CC(C)(C)c1ccccc1SC1=C(O)CC(CCc2ccccc2)(c2ccccc2)OC1=O. The highest BCUT2D eigenvalue weighted by Gasteiger charge is 2.43. The minimum atomic E-state index is -0.897. The summed E-state index contributed by atoms with van der Waals surface area (Å²) in [5.41, 5.74) is 2.23. The van der Waals surface area contributed by atoms with Gasteiger partial charge in [0.2, 0.25) is 0 Å². The fourth-order valence-electron chi connectivity index (χ4n) is 4.29. The second-order valence-corrected chi connectivity index (χ2v) is 10.6. The number of aryl methyl sites for hydroxylation is 1. The fourth-order valence-corrected chi connectivity index (χ4v) is 5.46. The van der Waals surface area contributed by atoms with Crippen molar-refractivity contribution >= 4 is 17.7 Å². The summed E-state index contributed by atoms with van der Waals surface area (Å²) in [5, 5.41) is 11.1. The number of esters is 1. The van der Waals surface area contributed by atoms with Gasteiger partial charge in [0.15, 0.2) is 0 Å². The quantitative estimate of drug-likeness (QED) is 0.393. The number of carbonyl (C=O) groups excluding carboxylic acids is 1. The van der Waals surface area contributed by atoms with Crippen LogP contribution in [0.1, 0.15) is 50.3 Å². The maximum Gasteiger partial charge on any atom is 0.349 e. The molecule has 1 aliphatic rings. The first-order chi connectivity index (χ1) is 15.8. The number of hydrogen-bond donors (Lipinski definition) is 1. The van der Waals surface area contributed by atoms with Gasteiger partial charge in [-0.25, -0.2) is 4.79 Å². The highest BCUT2D eigenvalue weighted by Crippen LogP contribution is 2.46. The molecule has 0 aliphatic carbocycles. The second kappa shape index (κ2) is 9.48. The van der Waals surface area contributed by atoms with E-state index < -0.39 is 11.6 Å². The van der Waals surface area contributed by atoms with Gasteiger partial charge in [0.05, 0.1) is 6.42 Å². The third kappa shape index (κ3) is 5.17. The zero-order chi connectivity index (χ0) is 23.5. The Labute approximate surface area is 200 Å². The first kappa shape index (κ1) is 23.2. The van der Waals surface area contributed by atoms with Crippen LogP contribution >= 0.6 is 11.8 Å². The van der Waals surface area contributed by atoms with Gasteiger partial charge in [-0.3, -0.25) is 0 Å². The number of ether oxygens (including phenoxy) is 1. The molecule has 4 rings (SSSR count). The summed E-state index contributed by atoms with van der Waals surface area (Å²) in [5.74, 6) is -0.374. The molecule has 0 fully saturated rings. The van der Waals surface area contributed by atoms with Crippen LogP contribution in [0.3, 0.4) is 0 Å². The summed E-state index contributed by atoms with van der Waals surface area (Å²) in [6.45, 7) is 6.43. The van der Waals surface area contributed by atoms with E-state index in [1.54, 1.807) is 0 Å². The number of rotatable bonds is 6. The molecule has 0 spiro atoms. The summed E-state index contributed by atoms with van der Waals surface area (Å²) in [7, 11) is 0. The molecule has 0 saturated heterocycles. The highest BCUT2D eigenvalue weighted by atomic mass is 32.2. The zero-order valence-corrected chi connectivity index (χ0v) is 20.2. The molecule has 1 unspecified atom stereocenters. The Hall–Kier alpha value is -2.98. The van der Waals surface area contributed by atoms with Crippen molar-refractivity contribution in [3.05, 3.63) is 112 Å². The van der Waals surface area contributed by atoms with Crippen LogP contribution in [0.2, 0.25) is 0 Å². The molecule has 0 bridgehead atoms. The Kier molecular flexibility index (Phi) is 6.66. The van der Waals surface area contributed by atoms with Gasteiger partial charge in [-0.15, -0.1) is 0 Å². The van der Waals surface area contributed by atoms with Crippen LogP contribution < -0.4 is 0 Å². The van der Waals surface area contributed by atoms with E-state index in [0.29, 0.717) is 6.42 Å². The number of carbonyl (C=O) groups is 1. The third-order valence-electron chi connectivity index (χ3n) is 6.06. The molecule has 0 aromatic heterocycles. The summed E-state index contributed by atoms with van der Waals surface area (Å²) in [4.78, 5) is 14.5. The van der Waals surface area contributed by atoms with Crippen molar-refractivity contribution in [3.63, 3.8) is 0 Å². The standard InChI is InChI=1S/C29H30O3S/c1-28(2,3)23-16-10-11-17-25(23)33-26-24(30)20-29(32-27(26)31,22-14-8-5-9-15-22)19-18-21-12-6-4-7-13-21/h4-17,30H,18-20H2,1-3H3. The Morgan fingerprint density at radius 3 is 2.15 bits per heavy atom. The van der Waals surface area contributed by atoms with Crippen molar-refractivity contribution in [2.75, 3.05) is 0 Å². The van der Waals surface area contributed by atoms with Crippen molar-refractivity contribution in [3.8, 4) is 0 Å². The van der Waals surface area contributed by atoms with E-state index >= 15 is 0 Å². The molecular formula is C29H30O3S. The van der Waals surface area contributed by atoms with Gasteiger partial charge < -0.3 is 9.84 Å². The van der Waals surface area contributed by atoms with Crippen molar-refractivity contribution in [1.29, 1.82) is 0 Å². The lowest BCUT2D eigenvalue weighted by Gasteiger charge is -2.37. The summed E-state index contributed by atoms with van der Waals surface area (Å²) < 4.78 is 6.18. The van der Waals surface area contributed by atoms with Crippen LogP contribution in [0.15, 0.2) is 100 Å². The van der Waals surface area contributed by atoms with Crippen molar-refractivity contribution < 1.29 is 14.6 Å². The molecule has 3 aromatic carbocycles. The minimum Gasteiger partial charge on any atom is -0.511 e. The molecule has 1 atom stereocenters. The lowest BCUT2D eigenvalue weighted by molar-refractivity contribution is -0.160. The van der Waals surface area contributed by atoms with E-state index in [-0.39, 0.29) is 22.5 Å². The van der Waals surface area contributed by atoms with Crippen LogP contribution in [0.5, 0.6) is 0 Å².